The lowest BCUT2D eigenvalue weighted by atomic mass is 10.1. The van der Waals surface area contributed by atoms with Gasteiger partial charge in [0.15, 0.2) is 17.3 Å². The average Bonchev–Trinajstić information content (AvgIpc) is 3.16. The van der Waals surface area contributed by atoms with Crippen LogP contribution in [0.5, 0.6) is 11.5 Å². The summed E-state index contributed by atoms with van der Waals surface area (Å²) in [5.41, 5.74) is 0.699. The highest BCUT2D eigenvalue weighted by atomic mass is 79.9. The summed E-state index contributed by atoms with van der Waals surface area (Å²) in [6.45, 7) is 4.97. The highest BCUT2D eigenvalue weighted by molar-refractivity contribution is 9.10. The van der Waals surface area contributed by atoms with Crippen molar-refractivity contribution >= 4 is 21.7 Å². The number of carbonyl (C=O) groups excluding carboxylic acids is 1. The number of hydrogen-bond donors (Lipinski definition) is 0. The highest BCUT2D eigenvalue weighted by Gasteiger charge is 2.32. The van der Waals surface area contributed by atoms with Crippen molar-refractivity contribution in [2.75, 3.05) is 13.2 Å². The minimum atomic E-state index is 0.200. The molecule has 3 nitrogen and oxygen atoms in total. The minimum Gasteiger partial charge on any atom is -0.490 e. The largest absolute Gasteiger partial charge is 0.490 e. The first-order valence-electron chi connectivity index (χ1n) is 6.30. The number of halogens is 1. The lowest BCUT2D eigenvalue weighted by molar-refractivity contribution is 0.0966. The molecule has 0 aliphatic heterocycles. The Bertz CT molecular complexity index is 453. The molecule has 0 unspecified atom stereocenters. The molecule has 1 aliphatic carbocycles. The van der Waals surface area contributed by atoms with Crippen LogP contribution in [0.2, 0.25) is 0 Å². The van der Waals surface area contributed by atoms with Gasteiger partial charge in [0.05, 0.1) is 13.2 Å². The van der Waals surface area contributed by atoms with Crippen LogP contribution in [0.3, 0.4) is 0 Å². The van der Waals surface area contributed by atoms with E-state index in [4.69, 9.17) is 9.47 Å². The third kappa shape index (κ3) is 2.86. The monoisotopic (exact) mass is 312 g/mol. The van der Waals surface area contributed by atoms with Crippen molar-refractivity contribution < 1.29 is 14.3 Å². The van der Waals surface area contributed by atoms with Crippen LogP contribution in [0, 0.1) is 5.92 Å². The van der Waals surface area contributed by atoms with E-state index in [1.165, 1.54) is 0 Å². The van der Waals surface area contributed by atoms with Crippen molar-refractivity contribution in [1.29, 1.82) is 0 Å². The number of Topliss-reactive ketones (excluding diaryl/α,β-unsaturated/α-hetero) is 1. The fourth-order valence-electron chi connectivity index (χ4n) is 1.83. The molecule has 1 fully saturated rings. The van der Waals surface area contributed by atoms with E-state index in [0.29, 0.717) is 30.3 Å². The maximum atomic E-state index is 12.1. The molecule has 1 aliphatic rings. The molecule has 0 spiro atoms. The minimum absolute atomic E-state index is 0.200. The highest BCUT2D eigenvalue weighted by Crippen LogP contribution is 2.39. The summed E-state index contributed by atoms with van der Waals surface area (Å²) >= 11 is 3.44. The zero-order chi connectivity index (χ0) is 13.1. The first kappa shape index (κ1) is 13.4. The Labute approximate surface area is 116 Å². The number of ketones is 1. The lowest BCUT2D eigenvalue weighted by Crippen LogP contribution is -2.05. The predicted octanol–water partition coefficient (Wildman–Crippen LogP) is 3.84. The standard InChI is InChI=1S/C14H17BrO3/c1-3-17-12-7-10(14(16)9-5-6-9)11(15)8-13(12)18-4-2/h7-9H,3-6H2,1-2H3. The van der Waals surface area contributed by atoms with E-state index in [-0.39, 0.29) is 11.7 Å². The van der Waals surface area contributed by atoms with Crippen LogP contribution in [0.1, 0.15) is 37.0 Å². The summed E-state index contributed by atoms with van der Waals surface area (Å²) in [6, 6.07) is 3.61. The Balaban J connectivity index is 2.35. The lowest BCUT2D eigenvalue weighted by Gasteiger charge is -2.13. The molecule has 0 aromatic heterocycles. The summed E-state index contributed by atoms with van der Waals surface area (Å²) in [6.07, 6.45) is 2.00. The molecule has 1 aromatic rings. The van der Waals surface area contributed by atoms with E-state index >= 15 is 0 Å². The zero-order valence-corrected chi connectivity index (χ0v) is 12.2. The van der Waals surface area contributed by atoms with E-state index in [1.54, 1.807) is 6.07 Å². The topological polar surface area (TPSA) is 35.5 Å². The van der Waals surface area contributed by atoms with Gasteiger partial charge in [-0.1, -0.05) is 0 Å². The Morgan fingerprint density at radius 3 is 2.28 bits per heavy atom. The molecule has 2 rings (SSSR count). The smallest absolute Gasteiger partial charge is 0.167 e. The second kappa shape index (κ2) is 5.74. The van der Waals surface area contributed by atoms with Crippen LogP contribution in [0.15, 0.2) is 16.6 Å². The molecule has 1 saturated carbocycles. The van der Waals surface area contributed by atoms with E-state index in [2.05, 4.69) is 15.9 Å². The van der Waals surface area contributed by atoms with Gasteiger partial charge in [0.25, 0.3) is 0 Å². The molecule has 0 atom stereocenters. The van der Waals surface area contributed by atoms with Gasteiger partial charge >= 0.3 is 0 Å². The van der Waals surface area contributed by atoms with Crippen molar-refractivity contribution in [3.8, 4) is 11.5 Å². The Kier molecular flexibility index (Phi) is 4.27. The van der Waals surface area contributed by atoms with E-state index in [9.17, 15) is 4.79 Å². The second-order valence-electron chi connectivity index (χ2n) is 4.28. The molecule has 18 heavy (non-hydrogen) atoms. The molecule has 0 heterocycles. The SMILES string of the molecule is CCOc1cc(Br)c(C(=O)C2CC2)cc1OCC. The van der Waals surface area contributed by atoms with Gasteiger partial charge in [-0.05, 0) is 54.8 Å². The van der Waals surface area contributed by atoms with Gasteiger partial charge in [0, 0.05) is 16.0 Å². The van der Waals surface area contributed by atoms with Gasteiger partial charge in [-0.3, -0.25) is 4.79 Å². The van der Waals surface area contributed by atoms with Gasteiger partial charge in [-0.25, -0.2) is 0 Å². The number of carbonyl (C=O) groups is 1. The normalized spacial score (nSPS) is 14.4. The quantitative estimate of drug-likeness (QED) is 0.749. The van der Waals surface area contributed by atoms with Gasteiger partial charge in [-0.2, -0.15) is 0 Å². The average molecular weight is 313 g/mol. The van der Waals surface area contributed by atoms with E-state index < -0.39 is 0 Å². The molecule has 0 bridgehead atoms. The maximum Gasteiger partial charge on any atom is 0.167 e. The number of benzene rings is 1. The maximum absolute atomic E-state index is 12.1. The van der Waals surface area contributed by atoms with Crippen molar-refractivity contribution in [1.82, 2.24) is 0 Å². The predicted molar refractivity (Wildman–Crippen MR) is 73.5 cm³/mol. The summed E-state index contributed by atoms with van der Waals surface area (Å²) in [5.74, 6) is 1.73. The summed E-state index contributed by atoms with van der Waals surface area (Å²) in [5, 5.41) is 0. The van der Waals surface area contributed by atoms with Crippen LogP contribution in [-0.4, -0.2) is 19.0 Å². The fourth-order valence-corrected chi connectivity index (χ4v) is 2.34. The molecule has 0 radical (unpaired) electrons. The zero-order valence-electron chi connectivity index (χ0n) is 10.7. The first-order chi connectivity index (χ1) is 8.67. The van der Waals surface area contributed by atoms with Gasteiger partial charge in [0.1, 0.15) is 0 Å². The summed E-state index contributed by atoms with van der Waals surface area (Å²) in [7, 11) is 0. The molecular weight excluding hydrogens is 296 g/mol. The molecule has 0 saturated heterocycles. The number of hydrogen-bond acceptors (Lipinski definition) is 3. The number of rotatable bonds is 6. The Morgan fingerprint density at radius 2 is 1.78 bits per heavy atom. The third-order valence-corrected chi connectivity index (χ3v) is 3.50. The van der Waals surface area contributed by atoms with Crippen LogP contribution < -0.4 is 9.47 Å². The van der Waals surface area contributed by atoms with Crippen molar-refractivity contribution in [3.63, 3.8) is 0 Å². The van der Waals surface area contributed by atoms with Crippen molar-refractivity contribution in [3.05, 3.63) is 22.2 Å². The van der Waals surface area contributed by atoms with Crippen LogP contribution in [0.4, 0.5) is 0 Å². The summed E-state index contributed by atoms with van der Waals surface area (Å²) < 4.78 is 11.8. The first-order valence-corrected chi connectivity index (χ1v) is 7.10. The molecule has 1 aromatic carbocycles. The third-order valence-electron chi connectivity index (χ3n) is 2.85. The Morgan fingerprint density at radius 1 is 1.22 bits per heavy atom. The van der Waals surface area contributed by atoms with Crippen molar-refractivity contribution in [2.45, 2.75) is 26.7 Å². The van der Waals surface area contributed by atoms with E-state index in [0.717, 1.165) is 17.3 Å². The number of ether oxygens (including phenoxy) is 2. The van der Waals surface area contributed by atoms with Crippen LogP contribution >= 0.6 is 15.9 Å². The van der Waals surface area contributed by atoms with Crippen LogP contribution in [-0.2, 0) is 0 Å². The van der Waals surface area contributed by atoms with Gasteiger partial charge in [-0.15, -0.1) is 0 Å². The molecule has 0 N–H and O–H groups in total. The molecule has 98 valence electrons. The van der Waals surface area contributed by atoms with Gasteiger partial charge < -0.3 is 9.47 Å². The summed E-state index contributed by atoms with van der Waals surface area (Å²) in [4.78, 5) is 12.1. The molecular formula is C14H17BrO3. The molecule has 4 heteroatoms. The van der Waals surface area contributed by atoms with E-state index in [1.807, 2.05) is 19.9 Å². The second-order valence-corrected chi connectivity index (χ2v) is 5.14. The van der Waals surface area contributed by atoms with Gasteiger partial charge in [0.2, 0.25) is 0 Å². The van der Waals surface area contributed by atoms with Crippen LogP contribution in [0.25, 0.3) is 0 Å². The fraction of sp³-hybridized carbons (Fsp3) is 0.500. The molecule has 0 amide bonds. The Hall–Kier alpha value is -1.03. The van der Waals surface area contributed by atoms with Crippen molar-refractivity contribution in [2.24, 2.45) is 5.92 Å².